The molecule has 31 heavy (non-hydrogen) atoms. The van der Waals surface area contributed by atoms with Crippen molar-refractivity contribution in [3.8, 4) is 0 Å². The molecule has 0 radical (unpaired) electrons. The standard InChI is InChI=1S/C26H43NO4/c1-25(29)8-6-18-17-7-9-26(2)21(19(17)14-24(30-3)20(18)15-25)4-5-22(26)23(28)16-27-10-12-31-13-11-27/h17-22,24,29H,4-16H2,1-3H3/t17-,18-,19-,20+,21+,22-,24-,25-,26+/m1/s1. The van der Waals surface area contributed by atoms with Crippen LogP contribution in [0.2, 0.25) is 0 Å². The number of carbonyl (C=O) groups is 1. The highest BCUT2D eigenvalue weighted by Crippen LogP contribution is 2.65. The minimum Gasteiger partial charge on any atom is -0.390 e. The van der Waals surface area contributed by atoms with Crippen molar-refractivity contribution in [2.75, 3.05) is 40.0 Å². The number of nitrogens with zero attached hydrogens (tertiary/aromatic N) is 1. The van der Waals surface area contributed by atoms with Crippen LogP contribution in [0.5, 0.6) is 0 Å². The molecule has 4 saturated carbocycles. The van der Waals surface area contributed by atoms with E-state index in [9.17, 15) is 9.90 Å². The van der Waals surface area contributed by atoms with Crippen molar-refractivity contribution in [3.05, 3.63) is 0 Å². The van der Waals surface area contributed by atoms with Crippen molar-refractivity contribution < 1.29 is 19.4 Å². The van der Waals surface area contributed by atoms with Gasteiger partial charge in [0.25, 0.3) is 0 Å². The number of fused-ring (bicyclic) bond motifs is 5. The zero-order valence-electron chi connectivity index (χ0n) is 19.9. The number of carbonyl (C=O) groups excluding carboxylic acids is 1. The number of hydrogen-bond donors (Lipinski definition) is 1. The van der Waals surface area contributed by atoms with Crippen LogP contribution in [0.1, 0.15) is 65.2 Å². The van der Waals surface area contributed by atoms with Crippen LogP contribution in [-0.4, -0.2) is 67.5 Å². The van der Waals surface area contributed by atoms with Gasteiger partial charge in [-0.3, -0.25) is 9.69 Å². The van der Waals surface area contributed by atoms with Crippen molar-refractivity contribution in [2.45, 2.75) is 76.9 Å². The number of hydrogen-bond acceptors (Lipinski definition) is 5. The van der Waals surface area contributed by atoms with Crippen LogP contribution in [0, 0.1) is 40.9 Å². The fourth-order valence-electron chi connectivity index (χ4n) is 8.91. The minimum absolute atomic E-state index is 0.163. The van der Waals surface area contributed by atoms with E-state index in [0.717, 1.165) is 64.3 Å². The summed E-state index contributed by atoms with van der Waals surface area (Å²) in [6.07, 6.45) is 9.11. The van der Waals surface area contributed by atoms with E-state index in [1.165, 1.54) is 19.3 Å². The molecule has 0 aromatic carbocycles. The maximum absolute atomic E-state index is 13.4. The number of morpholine rings is 1. The molecule has 5 heteroatoms. The van der Waals surface area contributed by atoms with Gasteiger partial charge in [-0.05, 0) is 93.3 Å². The average molecular weight is 434 g/mol. The summed E-state index contributed by atoms with van der Waals surface area (Å²) in [5, 5.41) is 10.7. The van der Waals surface area contributed by atoms with Gasteiger partial charge in [0.1, 0.15) is 5.78 Å². The fourth-order valence-corrected chi connectivity index (χ4v) is 8.91. The Morgan fingerprint density at radius 3 is 2.48 bits per heavy atom. The predicted octanol–water partition coefficient (Wildman–Crippen LogP) is 3.53. The molecule has 0 amide bonds. The van der Waals surface area contributed by atoms with E-state index in [2.05, 4.69) is 11.8 Å². The number of ether oxygens (including phenoxy) is 2. The molecule has 5 aliphatic rings. The van der Waals surface area contributed by atoms with Gasteiger partial charge in [-0.25, -0.2) is 0 Å². The van der Waals surface area contributed by atoms with Gasteiger partial charge in [0.15, 0.2) is 0 Å². The third-order valence-electron chi connectivity index (χ3n) is 10.4. The third-order valence-corrected chi connectivity index (χ3v) is 10.4. The monoisotopic (exact) mass is 433 g/mol. The van der Waals surface area contributed by atoms with E-state index in [0.29, 0.717) is 36.0 Å². The maximum Gasteiger partial charge on any atom is 0.150 e. The molecule has 1 heterocycles. The lowest BCUT2D eigenvalue weighted by Crippen LogP contribution is -2.55. The Labute approximate surface area is 188 Å². The smallest absolute Gasteiger partial charge is 0.150 e. The highest BCUT2D eigenvalue weighted by Gasteiger charge is 2.60. The number of Topliss-reactive ketones (excluding diaryl/α,β-unsaturated/α-hetero) is 1. The fraction of sp³-hybridized carbons (Fsp3) is 0.962. The van der Waals surface area contributed by atoms with Gasteiger partial charge in [0, 0.05) is 26.1 Å². The molecule has 4 aliphatic carbocycles. The minimum atomic E-state index is -0.529. The summed E-state index contributed by atoms with van der Waals surface area (Å²) in [6.45, 7) is 8.39. The first-order valence-electron chi connectivity index (χ1n) is 12.9. The Balaban J connectivity index is 1.32. The van der Waals surface area contributed by atoms with Crippen molar-refractivity contribution >= 4 is 5.78 Å². The van der Waals surface area contributed by atoms with E-state index in [4.69, 9.17) is 9.47 Å². The van der Waals surface area contributed by atoms with Crippen LogP contribution in [0.3, 0.4) is 0 Å². The van der Waals surface area contributed by atoms with Gasteiger partial charge in [0.2, 0.25) is 0 Å². The van der Waals surface area contributed by atoms with Gasteiger partial charge < -0.3 is 14.6 Å². The Kier molecular flexibility index (Phi) is 6.03. The van der Waals surface area contributed by atoms with Gasteiger partial charge in [0.05, 0.1) is 31.5 Å². The second-order valence-electron chi connectivity index (χ2n) is 12.0. The summed E-state index contributed by atoms with van der Waals surface area (Å²) in [4.78, 5) is 15.7. The van der Waals surface area contributed by atoms with Crippen LogP contribution in [0.25, 0.3) is 0 Å². The molecule has 0 aromatic rings. The zero-order valence-corrected chi connectivity index (χ0v) is 19.9. The maximum atomic E-state index is 13.4. The summed E-state index contributed by atoms with van der Waals surface area (Å²) in [5.74, 6) is 4.01. The largest absolute Gasteiger partial charge is 0.390 e. The molecule has 5 rings (SSSR count). The van der Waals surface area contributed by atoms with E-state index < -0.39 is 5.60 Å². The molecule has 9 atom stereocenters. The Morgan fingerprint density at radius 1 is 1.03 bits per heavy atom. The topological polar surface area (TPSA) is 59.0 Å². The van der Waals surface area contributed by atoms with E-state index >= 15 is 0 Å². The van der Waals surface area contributed by atoms with E-state index in [1.807, 2.05) is 14.0 Å². The lowest BCUT2D eigenvalue weighted by molar-refractivity contribution is -0.155. The zero-order chi connectivity index (χ0) is 21.8. The van der Waals surface area contributed by atoms with Crippen LogP contribution < -0.4 is 0 Å². The number of aliphatic hydroxyl groups is 1. The predicted molar refractivity (Wildman–Crippen MR) is 120 cm³/mol. The lowest BCUT2D eigenvalue weighted by Gasteiger charge is -2.58. The normalized spacial score (nSPS) is 50.4. The molecule has 1 saturated heterocycles. The third kappa shape index (κ3) is 3.92. The molecule has 176 valence electrons. The van der Waals surface area contributed by atoms with Crippen LogP contribution in [-0.2, 0) is 14.3 Å². The quantitative estimate of drug-likeness (QED) is 0.735. The van der Waals surface area contributed by atoms with Crippen molar-refractivity contribution in [1.82, 2.24) is 4.90 Å². The second-order valence-corrected chi connectivity index (χ2v) is 12.0. The molecular weight excluding hydrogens is 390 g/mol. The molecule has 1 aliphatic heterocycles. The molecule has 0 aromatic heterocycles. The summed E-state index contributed by atoms with van der Waals surface area (Å²) in [6, 6.07) is 0. The SMILES string of the molecule is CO[C@@H]1C[C@@H]2[C@H](CC[C@]3(C)[C@@H](C(=O)CN4CCOCC4)CC[C@@H]23)[C@H]2CC[C@@](C)(O)C[C@@H]21. The summed E-state index contributed by atoms with van der Waals surface area (Å²) < 4.78 is 11.5. The molecule has 0 bridgehead atoms. The highest BCUT2D eigenvalue weighted by atomic mass is 16.5. The first kappa shape index (κ1) is 22.3. The van der Waals surface area contributed by atoms with Gasteiger partial charge >= 0.3 is 0 Å². The molecule has 0 spiro atoms. The van der Waals surface area contributed by atoms with Gasteiger partial charge in [-0.2, -0.15) is 0 Å². The molecule has 5 fully saturated rings. The second kappa shape index (κ2) is 8.38. The summed E-state index contributed by atoms with van der Waals surface area (Å²) >= 11 is 0. The van der Waals surface area contributed by atoms with Crippen LogP contribution >= 0.6 is 0 Å². The number of ketones is 1. The first-order chi connectivity index (χ1) is 14.8. The van der Waals surface area contributed by atoms with Gasteiger partial charge in [-0.1, -0.05) is 6.92 Å². The van der Waals surface area contributed by atoms with Crippen LogP contribution in [0.4, 0.5) is 0 Å². The van der Waals surface area contributed by atoms with Crippen molar-refractivity contribution in [2.24, 2.45) is 40.9 Å². The molecule has 5 nitrogen and oxygen atoms in total. The Hall–Kier alpha value is -0.490. The molecule has 1 N–H and O–H groups in total. The number of methoxy groups -OCH3 is 1. The highest BCUT2D eigenvalue weighted by molar-refractivity contribution is 5.84. The Morgan fingerprint density at radius 2 is 1.74 bits per heavy atom. The van der Waals surface area contributed by atoms with Crippen LogP contribution in [0.15, 0.2) is 0 Å². The first-order valence-corrected chi connectivity index (χ1v) is 12.9. The molecular formula is C26H43NO4. The van der Waals surface area contributed by atoms with E-state index in [-0.39, 0.29) is 17.4 Å². The average Bonchev–Trinajstić information content (AvgIpc) is 3.10. The van der Waals surface area contributed by atoms with E-state index in [1.54, 1.807) is 0 Å². The Bertz CT molecular complexity index is 674. The summed E-state index contributed by atoms with van der Waals surface area (Å²) in [5.41, 5.74) is -0.367. The molecule has 0 unspecified atom stereocenters. The lowest BCUT2D eigenvalue weighted by atomic mass is 9.48. The van der Waals surface area contributed by atoms with Gasteiger partial charge in [-0.15, -0.1) is 0 Å². The van der Waals surface area contributed by atoms with Crippen molar-refractivity contribution in [1.29, 1.82) is 0 Å². The summed E-state index contributed by atoms with van der Waals surface area (Å²) in [7, 11) is 1.87. The van der Waals surface area contributed by atoms with Crippen molar-refractivity contribution in [3.63, 3.8) is 0 Å². The number of rotatable bonds is 4.